The van der Waals surface area contributed by atoms with Crippen LogP contribution in [-0.4, -0.2) is 20.2 Å². The molecule has 0 aliphatic carbocycles. The number of imidazole rings is 1. The van der Waals surface area contributed by atoms with Gasteiger partial charge in [0, 0.05) is 17.8 Å². The molecule has 2 heterocycles. The Bertz CT molecular complexity index is 395. The number of carbonyl (C=O) groups excluding carboxylic acids is 1. The average Bonchev–Trinajstić information content (AvgIpc) is 2.87. The third-order valence-electron chi connectivity index (χ3n) is 1.67. The fourth-order valence-electron chi connectivity index (χ4n) is 0.978. The maximum Gasteiger partial charge on any atom is 0.254 e. The highest BCUT2D eigenvalue weighted by Crippen LogP contribution is 2.01. The average molecular weight is 208 g/mol. The van der Waals surface area contributed by atoms with Crippen LogP contribution < -0.4 is 5.32 Å². The van der Waals surface area contributed by atoms with Crippen molar-refractivity contribution in [3.8, 4) is 0 Å². The molecule has 72 valence electrons. The van der Waals surface area contributed by atoms with Gasteiger partial charge in [0.15, 0.2) is 0 Å². The highest BCUT2D eigenvalue weighted by atomic mass is 32.1. The molecule has 6 heteroatoms. The van der Waals surface area contributed by atoms with Gasteiger partial charge < -0.3 is 10.3 Å². The van der Waals surface area contributed by atoms with Crippen molar-refractivity contribution in [3.63, 3.8) is 0 Å². The van der Waals surface area contributed by atoms with Crippen LogP contribution in [-0.2, 0) is 6.54 Å². The van der Waals surface area contributed by atoms with Crippen molar-refractivity contribution >= 4 is 17.4 Å². The molecule has 5 nitrogen and oxygen atoms in total. The van der Waals surface area contributed by atoms with E-state index in [1.165, 1.54) is 11.5 Å². The lowest BCUT2D eigenvalue weighted by atomic mass is 10.3. The molecule has 14 heavy (non-hydrogen) atoms. The van der Waals surface area contributed by atoms with Crippen LogP contribution in [0.25, 0.3) is 0 Å². The Morgan fingerprint density at radius 3 is 3.21 bits per heavy atom. The fourth-order valence-corrected chi connectivity index (χ4v) is 1.49. The second-order valence-corrected chi connectivity index (χ2v) is 3.29. The van der Waals surface area contributed by atoms with Crippen molar-refractivity contribution in [1.82, 2.24) is 19.7 Å². The molecule has 0 spiro atoms. The van der Waals surface area contributed by atoms with E-state index in [2.05, 4.69) is 19.7 Å². The first-order valence-corrected chi connectivity index (χ1v) is 4.86. The van der Waals surface area contributed by atoms with Crippen molar-refractivity contribution in [2.75, 3.05) is 0 Å². The molecule has 0 aliphatic heterocycles. The van der Waals surface area contributed by atoms with Gasteiger partial charge in [0.2, 0.25) is 0 Å². The van der Waals surface area contributed by atoms with Gasteiger partial charge in [-0.15, -0.1) is 0 Å². The Labute approximate surface area is 84.4 Å². The van der Waals surface area contributed by atoms with Gasteiger partial charge in [-0.1, -0.05) is 0 Å². The van der Waals surface area contributed by atoms with Crippen LogP contribution in [0.5, 0.6) is 0 Å². The van der Waals surface area contributed by atoms with Gasteiger partial charge in [-0.25, -0.2) is 9.36 Å². The van der Waals surface area contributed by atoms with E-state index >= 15 is 0 Å². The summed E-state index contributed by atoms with van der Waals surface area (Å²) in [5.74, 6) is 0.608. The predicted octanol–water partition coefficient (Wildman–Crippen LogP) is 0.796. The molecule has 2 aromatic heterocycles. The van der Waals surface area contributed by atoms with Crippen LogP contribution in [0, 0.1) is 0 Å². The molecule has 0 saturated carbocycles. The zero-order valence-electron chi connectivity index (χ0n) is 7.23. The van der Waals surface area contributed by atoms with E-state index in [9.17, 15) is 4.79 Å². The molecular weight excluding hydrogens is 200 g/mol. The van der Waals surface area contributed by atoms with E-state index < -0.39 is 0 Å². The highest BCUT2D eigenvalue weighted by Gasteiger charge is 2.05. The molecule has 1 amide bonds. The van der Waals surface area contributed by atoms with Crippen LogP contribution in [0.2, 0.25) is 0 Å². The number of nitrogens with one attached hydrogen (secondary N) is 2. The summed E-state index contributed by atoms with van der Waals surface area (Å²) in [6.07, 6.45) is 4.91. The standard InChI is InChI=1S/C8H8N4OS/c13-8(6-3-12-14-5-6)11-4-7-9-1-2-10-7/h1-3,5H,4H2,(H,9,10)(H,11,13). The number of aromatic amines is 1. The van der Waals surface area contributed by atoms with Gasteiger partial charge in [-0.2, -0.15) is 0 Å². The number of rotatable bonds is 3. The molecule has 2 rings (SSSR count). The first kappa shape index (κ1) is 8.89. The third-order valence-corrected chi connectivity index (χ3v) is 2.25. The maximum absolute atomic E-state index is 11.4. The number of nitrogens with zero attached hydrogens (tertiary/aromatic N) is 2. The monoisotopic (exact) mass is 208 g/mol. The minimum absolute atomic E-state index is 0.129. The van der Waals surface area contributed by atoms with Crippen LogP contribution >= 0.6 is 11.5 Å². The molecule has 0 atom stereocenters. The van der Waals surface area contributed by atoms with Gasteiger partial charge >= 0.3 is 0 Å². The zero-order chi connectivity index (χ0) is 9.80. The van der Waals surface area contributed by atoms with Gasteiger partial charge in [0.1, 0.15) is 5.82 Å². The van der Waals surface area contributed by atoms with Crippen molar-refractivity contribution in [2.24, 2.45) is 0 Å². The van der Waals surface area contributed by atoms with E-state index in [0.29, 0.717) is 12.1 Å². The Morgan fingerprint density at radius 1 is 1.64 bits per heavy atom. The fraction of sp³-hybridized carbons (Fsp3) is 0.125. The molecule has 0 bridgehead atoms. The van der Waals surface area contributed by atoms with Crippen molar-refractivity contribution in [1.29, 1.82) is 0 Å². The third kappa shape index (κ3) is 1.97. The molecule has 0 aliphatic rings. The van der Waals surface area contributed by atoms with Crippen LogP contribution in [0.1, 0.15) is 16.2 Å². The summed E-state index contributed by atoms with van der Waals surface area (Å²) >= 11 is 1.26. The lowest BCUT2D eigenvalue weighted by molar-refractivity contribution is 0.0950. The molecule has 0 saturated heterocycles. The second kappa shape index (κ2) is 4.01. The van der Waals surface area contributed by atoms with E-state index in [4.69, 9.17) is 0 Å². The first-order valence-electron chi connectivity index (χ1n) is 4.02. The summed E-state index contributed by atoms with van der Waals surface area (Å²) < 4.78 is 3.85. The van der Waals surface area contributed by atoms with E-state index in [0.717, 1.165) is 5.82 Å². The van der Waals surface area contributed by atoms with Crippen molar-refractivity contribution in [3.05, 3.63) is 35.4 Å². The normalized spacial score (nSPS) is 10.0. The topological polar surface area (TPSA) is 70.7 Å². The molecule has 2 N–H and O–H groups in total. The smallest absolute Gasteiger partial charge is 0.254 e. The summed E-state index contributed by atoms with van der Waals surface area (Å²) in [4.78, 5) is 18.3. The van der Waals surface area contributed by atoms with Crippen molar-refractivity contribution < 1.29 is 4.79 Å². The molecular formula is C8H8N4OS. The molecule has 0 radical (unpaired) electrons. The molecule has 2 aromatic rings. The second-order valence-electron chi connectivity index (χ2n) is 2.63. The van der Waals surface area contributed by atoms with Crippen LogP contribution in [0.4, 0.5) is 0 Å². The summed E-state index contributed by atoms with van der Waals surface area (Å²) in [7, 11) is 0. The van der Waals surface area contributed by atoms with E-state index in [1.807, 2.05) is 0 Å². The lowest BCUT2D eigenvalue weighted by Crippen LogP contribution is -2.22. The minimum atomic E-state index is -0.129. The van der Waals surface area contributed by atoms with Gasteiger partial charge in [0.05, 0.1) is 18.3 Å². The quantitative estimate of drug-likeness (QED) is 0.783. The zero-order valence-corrected chi connectivity index (χ0v) is 8.04. The number of H-pyrrole nitrogens is 1. The molecule has 0 aromatic carbocycles. The highest BCUT2D eigenvalue weighted by molar-refractivity contribution is 7.03. The Balaban J connectivity index is 1.90. The number of amides is 1. The predicted molar refractivity (Wildman–Crippen MR) is 51.9 cm³/mol. The largest absolute Gasteiger partial charge is 0.347 e. The van der Waals surface area contributed by atoms with Gasteiger partial charge in [-0.3, -0.25) is 4.79 Å². The van der Waals surface area contributed by atoms with Crippen molar-refractivity contribution in [2.45, 2.75) is 6.54 Å². The summed E-state index contributed by atoms with van der Waals surface area (Å²) in [6.45, 7) is 0.404. The molecule has 0 unspecified atom stereocenters. The SMILES string of the molecule is O=C(NCc1ncc[nH]1)c1cnsc1. The molecule has 0 fully saturated rings. The van der Waals surface area contributed by atoms with E-state index in [1.54, 1.807) is 24.0 Å². The van der Waals surface area contributed by atoms with E-state index in [-0.39, 0.29) is 5.91 Å². The number of hydrogen-bond acceptors (Lipinski definition) is 4. The number of aromatic nitrogens is 3. The summed E-state index contributed by atoms with van der Waals surface area (Å²) in [5, 5.41) is 4.43. The maximum atomic E-state index is 11.4. The minimum Gasteiger partial charge on any atom is -0.347 e. The Morgan fingerprint density at radius 2 is 2.57 bits per heavy atom. The first-order chi connectivity index (χ1) is 6.86. The Kier molecular flexibility index (Phi) is 2.55. The number of hydrogen-bond donors (Lipinski definition) is 2. The van der Waals surface area contributed by atoms with Crippen LogP contribution in [0.3, 0.4) is 0 Å². The summed E-state index contributed by atoms with van der Waals surface area (Å²) in [6, 6.07) is 0. The van der Waals surface area contributed by atoms with Gasteiger partial charge in [-0.05, 0) is 11.5 Å². The lowest BCUT2D eigenvalue weighted by Gasteiger charge is -1.99. The number of carbonyl (C=O) groups is 1. The Hall–Kier alpha value is -1.69. The van der Waals surface area contributed by atoms with Crippen LogP contribution in [0.15, 0.2) is 24.0 Å². The van der Waals surface area contributed by atoms with Gasteiger partial charge in [0.25, 0.3) is 5.91 Å². The summed E-state index contributed by atoms with van der Waals surface area (Å²) in [5.41, 5.74) is 0.585.